The fraction of sp³-hybridized carbons (Fsp3) is 0.500. The Bertz CT molecular complexity index is 484. The Hall–Kier alpha value is -2.07. The van der Waals surface area contributed by atoms with E-state index in [1.165, 1.54) is 69.9 Å². The Morgan fingerprint density at radius 1 is 0.808 bits per heavy atom. The summed E-state index contributed by atoms with van der Waals surface area (Å²) in [7, 11) is 0. The number of carbonyl (C=O) groups is 1. The fourth-order valence-electron chi connectivity index (χ4n) is 2.37. The standard InChI is InChI=1S/C22H34O4/c1-2-3-4-5-6-7-8-9-10-11-12-13-15-18-21(26-25)19-16-14-17-20-22(23)24/h12-20,25H,2-11H2,1H3,(H,23,24). The van der Waals surface area contributed by atoms with Gasteiger partial charge in [-0.1, -0.05) is 94.7 Å². The van der Waals surface area contributed by atoms with Crippen LogP contribution in [0, 0.1) is 0 Å². The molecule has 0 saturated carbocycles. The third kappa shape index (κ3) is 18.3. The van der Waals surface area contributed by atoms with Gasteiger partial charge in [0.1, 0.15) is 0 Å². The lowest BCUT2D eigenvalue weighted by Gasteiger charge is -2.00. The molecule has 4 heteroatoms. The van der Waals surface area contributed by atoms with E-state index in [9.17, 15) is 4.79 Å². The van der Waals surface area contributed by atoms with Crippen molar-refractivity contribution in [2.24, 2.45) is 0 Å². The first-order valence-electron chi connectivity index (χ1n) is 9.63. The summed E-state index contributed by atoms with van der Waals surface area (Å²) in [5.41, 5.74) is 0. The predicted octanol–water partition coefficient (Wildman–Crippen LogP) is 6.59. The maximum absolute atomic E-state index is 10.3. The fourth-order valence-corrected chi connectivity index (χ4v) is 2.37. The molecule has 4 nitrogen and oxygen atoms in total. The van der Waals surface area contributed by atoms with Crippen molar-refractivity contribution in [2.45, 2.75) is 71.1 Å². The van der Waals surface area contributed by atoms with E-state index < -0.39 is 5.97 Å². The highest BCUT2D eigenvalue weighted by atomic mass is 17.1. The molecule has 0 spiro atoms. The number of rotatable bonds is 16. The van der Waals surface area contributed by atoms with Gasteiger partial charge in [-0.2, -0.15) is 0 Å². The summed E-state index contributed by atoms with van der Waals surface area (Å²) in [6.45, 7) is 2.25. The van der Waals surface area contributed by atoms with Crippen LogP contribution in [0.1, 0.15) is 71.1 Å². The van der Waals surface area contributed by atoms with Gasteiger partial charge in [0.2, 0.25) is 0 Å². The lowest BCUT2D eigenvalue weighted by Crippen LogP contribution is -1.84. The zero-order valence-electron chi connectivity index (χ0n) is 16.0. The molecule has 0 saturated heterocycles. The van der Waals surface area contributed by atoms with Crippen LogP contribution in [0.4, 0.5) is 0 Å². The van der Waals surface area contributed by atoms with Crippen molar-refractivity contribution < 1.29 is 20.0 Å². The van der Waals surface area contributed by atoms with Crippen LogP contribution in [0.15, 0.2) is 60.4 Å². The lowest BCUT2D eigenvalue weighted by molar-refractivity contribution is -0.198. The second-order valence-electron chi connectivity index (χ2n) is 6.15. The summed E-state index contributed by atoms with van der Waals surface area (Å²) in [5.74, 6) is -0.730. The minimum absolute atomic E-state index is 0.276. The molecule has 26 heavy (non-hydrogen) atoms. The number of carboxylic acid groups (broad SMARTS) is 1. The van der Waals surface area contributed by atoms with E-state index in [4.69, 9.17) is 10.4 Å². The number of allylic oxidation sites excluding steroid dienone is 8. The highest BCUT2D eigenvalue weighted by Crippen LogP contribution is 2.10. The number of carboxylic acids is 1. The summed E-state index contributed by atoms with van der Waals surface area (Å²) in [6.07, 6.45) is 27.6. The van der Waals surface area contributed by atoms with E-state index >= 15 is 0 Å². The van der Waals surface area contributed by atoms with Crippen molar-refractivity contribution >= 4 is 5.97 Å². The molecular weight excluding hydrogens is 328 g/mol. The molecule has 0 radical (unpaired) electrons. The largest absolute Gasteiger partial charge is 0.478 e. The Balaban J connectivity index is 3.78. The normalized spacial score (nSPS) is 12.9. The quantitative estimate of drug-likeness (QED) is 0.0811. The third-order valence-corrected chi connectivity index (χ3v) is 3.81. The van der Waals surface area contributed by atoms with Gasteiger partial charge in [-0.05, 0) is 25.0 Å². The predicted molar refractivity (Wildman–Crippen MR) is 108 cm³/mol. The van der Waals surface area contributed by atoms with E-state index in [0.717, 1.165) is 12.5 Å². The van der Waals surface area contributed by atoms with E-state index in [-0.39, 0.29) is 5.76 Å². The first-order valence-corrected chi connectivity index (χ1v) is 9.63. The van der Waals surface area contributed by atoms with Gasteiger partial charge in [0.05, 0.1) is 0 Å². The van der Waals surface area contributed by atoms with Gasteiger partial charge in [0.15, 0.2) is 5.76 Å². The van der Waals surface area contributed by atoms with E-state index in [1.807, 2.05) is 6.08 Å². The SMILES string of the molecule is CCCCCCCCCCCC=CC=CC(=CC=CC=CC(=O)O)OO. The molecular formula is C22H34O4. The minimum Gasteiger partial charge on any atom is -0.478 e. The van der Waals surface area contributed by atoms with Crippen LogP contribution < -0.4 is 0 Å². The van der Waals surface area contributed by atoms with Gasteiger partial charge in [0, 0.05) is 6.08 Å². The molecule has 0 bridgehead atoms. The first kappa shape index (κ1) is 23.9. The zero-order chi connectivity index (χ0) is 19.3. The number of unbranched alkanes of at least 4 members (excludes halogenated alkanes) is 9. The number of hydrogen-bond donors (Lipinski definition) is 2. The summed E-state index contributed by atoms with van der Waals surface area (Å²) in [6, 6.07) is 0. The highest BCUT2D eigenvalue weighted by molar-refractivity contribution is 5.80. The van der Waals surface area contributed by atoms with Crippen molar-refractivity contribution in [3.05, 3.63) is 60.4 Å². The molecule has 0 aromatic carbocycles. The third-order valence-electron chi connectivity index (χ3n) is 3.81. The highest BCUT2D eigenvalue weighted by Gasteiger charge is 1.91. The molecule has 0 aliphatic carbocycles. The maximum Gasteiger partial charge on any atom is 0.328 e. The average molecular weight is 363 g/mol. The van der Waals surface area contributed by atoms with Crippen LogP contribution in [0.3, 0.4) is 0 Å². The van der Waals surface area contributed by atoms with Gasteiger partial charge in [-0.25, -0.2) is 10.1 Å². The van der Waals surface area contributed by atoms with Crippen molar-refractivity contribution in [2.75, 3.05) is 0 Å². The Morgan fingerprint density at radius 3 is 2.04 bits per heavy atom. The summed E-state index contributed by atoms with van der Waals surface area (Å²) in [5, 5.41) is 17.2. The van der Waals surface area contributed by atoms with Gasteiger partial charge in [0.25, 0.3) is 0 Å². The average Bonchev–Trinajstić information content (AvgIpc) is 2.63. The first-order chi connectivity index (χ1) is 12.7. The molecule has 0 aliphatic heterocycles. The van der Waals surface area contributed by atoms with Gasteiger partial charge >= 0.3 is 5.97 Å². The Labute approximate surface area is 158 Å². The smallest absolute Gasteiger partial charge is 0.328 e. The van der Waals surface area contributed by atoms with Crippen LogP contribution >= 0.6 is 0 Å². The minimum atomic E-state index is -1.01. The molecule has 0 rings (SSSR count). The maximum atomic E-state index is 10.3. The monoisotopic (exact) mass is 362 g/mol. The van der Waals surface area contributed by atoms with Crippen molar-refractivity contribution in [3.63, 3.8) is 0 Å². The van der Waals surface area contributed by atoms with Gasteiger partial charge in [-0.15, -0.1) is 0 Å². The zero-order valence-corrected chi connectivity index (χ0v) is 16.0. The molecule has 0 amide bonds. The van der Waals surface area contributed by atoms with Crippen LogP contribution in [-0.4, -0.2) is 16.3 Å². The topological polar surface area (TPSA) is 66.8 Å². The van der Waals surface area contributed by atoms with Gasteiger partial charge < -0.3 is 9.99 Å². The molecule has 0 fully saturated rings. The second kappa shape index (κ2) is 19.3. The van der Waals surface area contributed by atoms with Crippen LogP contribution in [0.2, 0.25) is 0 Å². The van der Waals surface area contributed by atoms with Crippen molar-refractivity contribution in [1.29, 1.82) is 0 Å². The van der Waals surface area contributed by atoms with E-state index in [0.29, 0.717) is 0 Å². The van der Waals surface area contributed by atoms with Crippen LogP contribution in [-0.2, 0) is 9.68 Å². The molecule has 0 aromatic rings. The van der Waals surface area contributed by atoms with Crippen LogP contribution in [0.25, 0.3) is 0 Å². The molecule has 0 unspecified atom stereocenters. The van der Waals surface area contributed by atoms with Crippen LogP contribution in [0.5, 0.6) is 0 Å². The van der Waals surface area contributed by atoms with Gasteiger partial charge in [-0.3, -0.25) is 0 Å². The molecule has 0 atom stereocenters. The number of hydrogen-bond acceptors (Lipinski definition) is 3. The molecule has 0 heterocycles. The number of aliphatic carboxylic acids is 1. The lowest BCUT2D eigenvalue weighted by atomic mass is 10.1. The van der Waals surface area contributed by atoms with Crippen molar-refractivity contribution in [1.82, 2.24) is 0 Å². The van der Waals surface area contributed by atoms with E-state index in [1.54, 1.807) is 24.3 Å². The summed E-state index contributed by atoms with van der Waals surface area (Å²) < 4.78 is 0. The Kier molecular flexibility index (Phi) is 17.7. The second-order valence-corrected chi connectivity index (χ2v) is 6.15. The summed E-state index contributed by atoms with van der Waals surface area (Å²) in [4.78, 5) is 14.5. The summed E-state index contributed by atoms with van der Waals surface area (Å²) >= 11 is 0. The van der Waals surface area contributed by atoms with E-state index in [2.05, 4.69) is 17.9 Å². The Morgan fingerprint density at radius 2 is 1.42 bits per heavy atom. The van der Waals surface area contributed by atoms with Crippen molar-refractivity contribution in [3.8, 4) is 0 Å². The molecule has 146 valence electrons. The molecule has 0 aliphatic rings. The molecule has 0 aromatic heterocycles. The molecule has 2 N–H and O–H groups in total.